The minimum absolute atomic E-state index is 0.106. The maximum atomic E-state index is 11.5. The molecule has 5 rings (SSSR count). The first kappa shape index (κ1) is 39.8. The molecule has 1 fully saturated rings. The van der Waals surface area contributed by atoms with Gasteiger partial charge in [-0.3, -0.25) is 4.79 Å². The molecule has 53 heavy (non-hydrogen) atoms. The van der Waals surface area contributed by atoms with Gasteiger partial charge < -0.3 is 46.3 Å². The van der Waals surface area contributed by atoms with E-state index in [0.717, 1.165) is 75.3 Å². The number of aldehydes is 1. The van der Waals surface area contributed by atoms with Gasteiger partial charge in [0.2, 0.25) is 5.91 Å². The first-order valence-corrected chi connectivity index (χ1v) is 18.6. The number of halogens is 2. The topological polar surface area (TPSA) is 137 Å². The summed E-state index contributed by atoms with van der Waals surface area (Å²) in [6.45, 7) is 2.97. The lowest BCUT2D eigenvalue weighted by molar-refractivity contribution is -0.119. The fourth-order valence-corrected chi connectivity index (χ4v) is 7.22. The highest BCUT2D eigenvalue weighted by Crippen LogP contribution is 2.40. The Kier molecular flexibility index (Phi) is 14.7. The molecule has 1 amide bonds. The number of benzene rings is 4. The van der Waals surface area contributed by atoms with E-state index >= 15 is 0 Å². The van der Waals surface area contributed by atoms with Crippen LogP contribution in [0.25, 0.3) is 22.3 Å². The molecular formula is C41H48Cl2N6O4. The van der Waals surface area contributed by atoms with Crippen molar-refractivity contribution in [1.82, 2.24) is 21.3 Å². The van der Waals surface area contributed by atoms with Crippen LogP contribution in [0.3, 0.4) is 0 Å². The molecule has 10 nitrogen and oxygen atoms in total. The number of amides is 1. The van der Waals surface area contributed by atoms with Crippen molar-refractivity contribution in [2.24, 2.45) is 0 Å². The van der Waals surface area contributed by atoms with Gasteiger partial charge in [-0.1, -0.05) is 65.7 Å². The van der Waals surface area contributed by atoms with Crippen LogP contribution in [-0.4, -0.2) is 64.8 Å². The normalized spacial score (nSPS) is 14.4. The fraction of sp³-hybridized carbons (Fsp3) is 0.341. The standard InChI is InChI=1S/C41H48Cl2N6O4/c1-45-30(7-6-16-50)24-47-22-29-17-36(42)28(19-39(29)53-3)23-48-37-11-5-9-33(35(37)20-44)34-10-4-8-32(41(34)43)26-12-13-27(38(18-26)52-2)21-46-25-31-14-15-40(51)49-31/h4-5,8-13,16-20,30-31,44-48H,6-7,14-15,21-25H2,1-3H3,(H,49,51). The largest absolute Gasteiger partial charge is 0.496 e. The van der Waals surface area contributed by atoms with Gasteiger partial charge in [-0.15, -0.1) is 0 Å². The van der Waals surface area contributed by atoms with Crippen LogP contribution >= 0.6 is 23.2 Å². The lowest BCUT2D eigenvalue weighted by atomic mass is 9.94. The molecule has 0 aliphatic carbocycles. The van der Waals surface area contributed by atoms with Crippen LogP contribution in [0.15, 0.2) is 66.7 Å². The number of hydrogen-bond donors (Lipinski definition) is 6. The highest BCUT2D eigenvalue weighted by atomic mass is 35.5. The third-order valence-electron chi connectivity index (χ3n) is 9.59. The van der Waals surface area contributed by atoms with Gasteiger partial charge in [-0.2, -0.15) is 0 Å². The number of rotatable bonds is 20. The summed E-state index contributed by atoms with van der Waals surface area (Å²) in [5, 5.41) is 26.1. The lowest BCUT2D eigenvalue weighted by Gasteiger charge is -2.19. The van der Waals surface area contributed by atoms with Crippen molar-refractivity contribution >= 4 is 47.3 Å². The molecular weight excluding hydrogens is 711 g/mol. The summed E-state index contributed by atoms with van der Waals surface area (Å²) in [4.78, 5) is 22.3. The average Bonchev–Trinajstić information content (AvgIpc) is 3.60. The highest BCUT2D eigenvalue weighted by molar-refractivity contribution is 6.36. The van der Waals surface area contributed by atoms with Crippen LogP contribution in [0.4, 0.5) is 5.69 Å². The number of carbonyl (C=O) groups excluding carboxylic acids is 2. The molecule has 4 aromatic rings. The van der Waals surface area contributed by atoms with Crippen LogP contribution in [0.5, 0.6) is 11.5 Å². The number of ether oxygens (including phenoxy) is 2. The second-order valence-corrected chi connectivity index (χ2v) is 13.8. The molecule has 0 saturated carbocycles. The predicted octanol–water partition coefficient (Wildman–Crippen LogP) is 6.98. The predicted molar refractivity (Wildman–Crippen MR) is 215 cm³/mol. The summed E-state index contributed by atoms with van der Waals surface area (Å²) < 4.78 is 11.5. The number of nitrogens with one attached hydrogen (secondary N) is 6. The maximum absolute atomic E-state index is 11.5. The minimum atomic E-state index is 0.106. The van der Waals surface area contributed by atoms with Gasteiger partial charge in [0.15, 0.2) is 0 Å². The molecule has 280 valence electrons. The van der Waals surface area contributed by atoms with Gasteiger partial charge in [0, 0.05) is 102 Å². The molecule has 1 saturated heterocycles. The van der Waals surface area contributed by atoms with E-state index in [4.69, 9.17) is 38.1 Å². The number of methoxy groups -OCH3 is 2. The molecule has 12 heteroatoms. The van der Waals surface area contributed by atoms with Gasteiger partial charge in [0.1, 0.15) is 17.8 Å². The fourth-order valence-electron chi connectivity index (χ4n) is 6.63. The van der Waals surface area contributed by atoms with Crippen molar-refractivity contribution in [2.75, 3.05) is 39.7 Å². The van der Waals surface area contributed by atoms with E-state index in [1.54, 1.807) is 14.2 Å². The van der Waals surface area contributed by atoms with Crippen LogP contribution in [0, 0.1) is 5.41 Å². The van der Waals surface area contributed by atoms with E-state index < -0.39 is 0 Å². The first-order valence-electron chi connectivity index (χ1n) is 17.8. The molecule has 0 spiro atoms. The molecule has 1 aliphatic rings. The number of hydrogen-bond acceptors (Lipinski definition) is 9. The smallest absolute Gasteiger partial charge is 0.220 e. The van der Waals surface area contributed by atoms with Gasteiger partial charge >= 0.3 is 0 Å². The molecule has 4 aromatic carbocycles. The van der Waals surface area contributed by atoms with Crippen molar-refractivity contribution in [3.05, 3.63) is 99.0 Å². The van der Waals surface area contributed by atoms with Gasteiger partial charge in [-0.05, 0) is 60.8 Å². The SMILES string of the molecule is CNC(CCC=O)CNCc1cc(Cl)c(CNc2cccc(-c3cccc(-c4ccc(CNCC5CCC(=O)N5)c(OC)c4)c3Cl)c2C=N)cc1OC. The molecule has 0 bridgehead atoms. The van der Waals surface area contributed by atoms with Crippen LogP contribution in [-0.2, 0) is 29.2 Å². The quantitative estimate of drug-likeness (QED) is 0.0420. The molecule has 2 unspecified atom stereocenters. The molecule has 1 heterocycles. The van der Waals surface area contributed by atoms with Crippen molar-refractivity contribution in [3.8, 4) is 33.8 Å². The average molecular weight is 760 g/mol. The van der Waals surface area contributed by atoms with Crippen LogP contribution in [0.1, 0.15) is 47.9 Å². The Balaban J connectivity index is 1.31. The minimum Gasteiger partial charge on any atom is -0.496 e. The molecule has 1 aliphatic heterocycles. The molecule has 0 aromatic heterocycles. The van der Waals surface area contributed by atoms with Crippen molar-refractivity contribution in [3.63, 3.8) is 0 Å². The number of carbonyl (C=O) groups is 2. The Morgan fingerprint density at radius 1 is 0.906 bits per heavy atom. The zero-order chi connectivity index (χ0) is 37.7. The van der Waals surface area contributed by atoms with E-state index in [9.17, 15) is 9.59 Å². The second kappa shape index (κ2) is 19.6. The zero-order valence-electron chi connectivity index (χ0n) is 30.4. The van der Waals surface area contributed by atoms with Crippen LogP contribution in [0.2, 0.25) is 10.0 Å². The summed E-state index contributed by atoms with van der Waals surface area (Å²) in [5.41, 5.74) is 7.64. The van der Waals surface area contributed by atoms with E-state index in [0.29, 0.717) is 61.2 Å². The Morgan fingerprint density at radius 2 is 1.64 bits per heavy atom. The first-order chi connectivity index (χ1) is 25.8. The van der Waals surface area contributed by atoms with E-state index in [1.165, 1.54) is 6.21 Å². The lowest BCUT2D eigenvalue weighted by Crippen LogP contribution is -2.36. The van der Waals surface area contributed by atoms with Crippen molar-refractivity contribution in [2.45, 2.75) is 57.4 Å². The summed E-state index contributed by atoms with van der Waals surface area (Å²) in [5.74, 6) is 1.57. The summed E-state index contributed by atoms with van der Waals surface area (Å²) in [6.07, 6.45) is 4.98. The van der Waals surface area contributed by atoms with Crippen molar-refractivity contribution < 1.29 is 19.1 Å². The molecule has 0 radical (unpaired) electrons. The van der Waals surface area contributed by atoms with E-state index in [1.807, 2.05) is 73.8 Å². The van der Waals surface area contributed by atoms with Gasteiger partial charge in [-0.25, -0.2) is 0 Å². The number of anilines is 1. The third-order valence-corrected chi connectivity index (χ3v) is 10.4. The Hall–Kier alpha value is -4.45. The van der Waals surface area contributed by atoms with Gasteiger partial charge in [0.25, 0.3) is 0 Å². The zero-order valence-corrected chi connectivity index (χ0v) is 31.9. The number of likely N-dealkylation sites (N-methyl/N-ethyl adjacent to an activating group) is 1. The molecule has 6 N–H and O–H groups in total. The third kappa shape index (κ3) is 10.2. The Morgan fingerprint density at radius 3 is 2.36 bits per heavy atom. The second-order valence-electron chi connectivity index (χ2n) is 13.0. The summed E-state index contributed by atoms with van der Waals surface area (Å²) in [6, 6.07) is 22.0. The highest BCUT2D eigenvalue weighted by Gasteiger charge is 2.21. The Bertz CT molecular complexity index is 1900. The van der Waals surface area contributed by atoms with Gasteiger partial charge in [0.05, 0.1) is 19.2 Å². The molecule has 2 atom stereocenters. The summed E-state index contributed by atoms with van der Waals surface area (Å²) >= 11 is 13.9. The van der Waals surface area contributed by atoms with E-state index in [-0.39, 0.29) is 18.0 Å². The van der Waals surface area contributed by atoms with Crippen LogP contribution < -0.4 is 36.1 Å². The monoisotopic (exact) mass is 758 g/mol. The Labute approximate surface area is 321 Å². The van der Waals surface area contributed by atoms with Crippen molar-refractivity contribution in [1.29, 1.82) is 5.41 Å². The van der Waals surface area contributed by atoms with E-state index in [2.05, 4.69) is 26.6 Å². The summed E-state index contributed by atoms with van der Waals surface area (Å²) in [7, 11) is 5.19. The maximum Gasteiger partial charge on any atom is 0.220 e.